The van der Waals surface area contributed by atoms with Crippen LogP contribution in [0.4, 0.5) is 15.8 Å². The second kappa shape index (κ2) is 4.80. The van der Waals surface area contributed by atoms with Crippen LogP contribution in [0.3, 0.4) is 0 Å². The average molecular weight is 291 g/mol. The van der Waals surface area contributed by atoms with Gasteiger partial charge >= 0.3 is 0 Å². The molecule has 3 nitrogen and oxygen atoms in total. The Morgan fingerprint density at radius 1 is 1.25 bits per heavy atom. The highest BCUT2D eigenvalue weighted by atomic mass is 35.5. The summed E-state index contributed by atoms with van der Waals surface area (Å²) < 4.78 is 13.5. The summed E-state index contributed by atoms with van der Waals surface area (Å²) in [5, 5.41) is 6.36. The van der Waals surface area contributed by atoms with E-state index in [-0.39, 0.29) is 11.7 Å². The first-order chi connectivity index (χ1) is 9.54. The van der Waals surface area contributed by atoms with Crippen molar-refractivity contribution in [3.8, 4) is 0 Å². The lowest BCUT2D eigenvalue weighted by atomic mass is 10.1. The fourth-order valence-electron chi connectivity index (χ4n) is 2.22. The van der Waals surface area contributed by atoms with E-state index >= 15 is 0 Å². The summed E-state index contributed by atoms with van der Waals surface area (Å²) >= 11 is 5.96. The van der Waals surface area contributed by atoms with Crippen LogP contribution in [0.2, 0.25) is 5.02 Å². The van der Waals surface area contributed by atoms with Crippen molar-refractivity contribution >= 4 is 28.9 Å². The van der Waals surface area contributed by atoms with Gasteiger partial charge in [0.1, 0.15) is 11.9 Å². The molecule has 2 N–H and O–H groups in total. The third-order valence-electron chi connectivity index (χ3n) is 3.33. The van der Waals surface area contributed by atoms with Crippen LogP contribution in [0.25, 0.3) is 0 Å². The Kier molecular flexibility index (Phi) is 3.10. The highest BCUT2D eigenvalue weighted by Gasteiger charge is 2.30. The molecule has 2 aromatic rings. The number of aryl methyl sites for hydroxylation is 1. The molecule has 0 saturated carbocycles. The Balaban J connectivity index is 1.93. The maximum atomic E-state index is 13.5. The van der Waals surface area contributed by atoms with E-state index in [9.17, 15) is 9.18 Å². The van der Waals surface area contributed by atoms with E-state index in [4.69, 9.17) is 11.6 Å². The Hall–Kier alpha value is -2.07. The van der Waals surface area contributed by atoms with Gasteiger partial charge in [-0.25, -0.2) is 4.39 Å². The zero-order chi connectivity index (χ0) is 14.3. The van der Waals surface area contributed by atoms with Crippen molar-refractivity contribution < 1.29 is 9.18 Å². The fraction of sp³-hybridized carbons (Fsp3) is 0.133. The van der Waals surface area contributed by atoms with Gasteiger partial charge in [0, 0.05) is 22.0 Å². The summed E-state index contributed by atoms with van der Waals surface area (Å²) in [6.45, 7) is 1.69. The molecule has 0 aromatic heterocycles. The lowest BCUT2D eigenvalue weighted by Crippen LogP contribution is -2.19. The van der Waals surface area contributed by atoms with Crippen LogP contribution in [-0.2, 0) is 4.79 Å². The lowest BCUT2D eigenvalue weighted by molar-refractivity contribution is -0.116. The summed E-state index contributed by atoms with van der Waals surface area (Å²) in [7, 11) is 0. The summed E-state index contributed by atoms with van der Waals surface area (Å²) in [6.07, 6.45) is 0. The molecule has 1 amide bonds. The topological polar surface area (TPSA) is 41.1 Å². The number of halogens is 2. The molecule has 1 heterocycles. The standard InChI is InChI=1S/C15H12ClFN2O/c1-8-2-4-10(7-12(8)17)18-14-11-6-9(16)3-5-13(11)19-15(14)20/h2-7,14,18H,1H3,(H,19,20). The molecular weight excluding hydrogens is 279 g/mol. The quantitative estimate of drug-likeness (QED) is 0.881. The van der Waals surface area contributed by atoms with E-state index in [0.29, 0.717) is 16.3 Å². The molecule has 0 radical (unpaired) electrons. The molecule has 1 atom stereocenters. The van der Waals surface area contributed by atoms with Crippen molar-refractivity contribution in [3.05, 3.63) is 58.4 Å². The molecule has 0 fully saturated rings. The third-order valence-corrected chi connectivity index (χ3v) is 3.56. The van der Waals surface area contributed by atoms with Gasteiger partial charge in [0.05, 0.1) is 0 Å². The fourth-order valence-corrected chi connectivity index (χ4v) is 2.41. The van der Waals surface area contributed by atoms with Crippen molar-refractivity contribution in [1.82, 2.24) is 0 Å². The van der Waals surface area contributed by atoms with Gasteiger partial charge in [-0.3, -0.25) is 4.79 Å². The van der Waals surface area contributed by atoms with E-state index < -0.39 is 6.04 Å². The van der Waals surface area contributed by atoms with Crippen molar-refractivity contribution in [2.45, 2.75) is 13.0 Å². The van der Waals surface area contributed by atoms with Gasteiger partial charge in [0.15, 0.2) is 0 Å². The van der Waals surface area contributed by atoms with Crippen LogP contribution in [0.15, 0.2) is 36.4 Å². The van der Waals surface area contributed by atoms with E-state index in [0.717, 1.165) is 11.3 Å². The second-order valence-corrected chi connectivity index (χ2v) is 5.20. The van der Waals surface area contributed by atoms with Crippen molar-refractivity contribution in [2.24, 2.45) is 0 Å². The number of carbonyl (C=O) groups is 1. The van der Waals surface area contributed by atoms with Crippen LogP contribution in [0.1, 0.15) is 17.2 Å². The van der Waals surface area contributed by atoms with Crippen LogP contribution in [0.5, 0.6) is 0 Å². The molecular formula is C15H12ClFN2O. The molecule has 1 aliphatic heterocycles. The predicted molar refractivity (Wildman–Crippen MR) is 77.6 cm³/mol. The van der Waals surface area contributed by atoms with Gasteiger partial charge in [-0.2, -0.15) is 0 Å². The second-order valence-electron chi connectivity index (χ2n) is 4.76. The van der Waals surface area contributed by atoms with E-state index in [1.54, 1.807) is 37.3 Å². The van der Waals surface area contributed by atoms with Gasteiger partial charge in [0.2, 0.25) is 0 Å². The Bertz CT molecular complexity index is 702. The smallest absolute Gasteiger partial charge is 0.251 e. The van der Waals surface area contributed by atoms with Gasteiger partial charge in [-0.05, 0) is 42.8 Å². The zero-order valence-electron chi connectivity index (χ0n) is 10.7. The third kappa shape index (κ3) is 2.23. The Morgan fingerprint density at radius 2 is 2.05 bits per heavy atom. The first kappa shape index (κ1) is 12.9. The largest absolute Gasteiger partial charge is 0.370 e. The highest BCUT2D eigenvalue weighted by molar-refractivity contribution is 6.31. The van der Waals surface area contributed by atoms with Gasteiger partial charge < -0.3 is 10.6 Å². The van der Waals surface area contributed by atoms with E-state index in [1.165, 1.54) is 6.07 Å². The Morgan fingerprint density at radius 3 is 2.80 bits per heavy atom. The van der Waals surface area contributed by atoms with E-state index in [2.05, 4.69) is 10.6 Å². The van der Waals surface area contributed by atoms with Crippen molar-refractivity contribution in [3.63, 3.8) is 0 Å². The molecule has 0 aliphatic carbocycles. The van der Waals surface area contributed by atoms with E-state index in [1.807, 2.05) is 0 Å². The van der Waals surface area contributed by atoms with Gasteiger partial charge in [-0.1, -0.05) is 17.7 Å². The number of amides is 1. The van der Waals surface area contributed by atoms with Gasteiger partial charge in [0.25, 0.3) is 5.91 Å². The maximum absolute atomic E-state index is 13.5. The number of fused-ring (bicyclic) bond motifs is 1. The molecule has 0 bridgehead atoms. The molecule has 0 saturated heterocycles. The Labute approximate surface area is 120 Å². The number of rotatable bonds is 2. The van der Waals surface area contributed by atoms with Crippen LogP contribution in [-0.4, -0.2) is 5.91 Å². The van der Waals surface area contributed by atoms with Crippen LogP contribution in [0, 0.1) is 12.7 Å². The average Bonchev–Trinajstić information content (AvgIpc) is 2.70. The summed E-state index contributed by atoms with van der Waals surface area (Å²) in [5.41, 5.74) is 2.61. The minimum absolute atomic E-state index is 0.178. The zero-order valence-corrected chi connectivity index (χ0v) is 11.5. The molecule has 2 aromatic carbocycles. The van der Waals surface area contributed by atoms with Crippen LogP contribution >= 0.6 is 11.6 Å². The first-order valence-electron chi connectivity index (χ1n) is 6.17. The summed E-state index contributed by atoms with van der Waals surface area (Å²) in [5.74, 6) is -0.483. The highest BCUT2D eigenvalue weighted by Crippen LogP contribution is 2.35. The minimum Gasteiger partial charge on any atom is -0.370 e. The van der Waals surface area contributed by atoms with Crippen LogP contribution < -0.4 is 10.6 Å². The number of anilines is 2. The summed E-state index contributed by atoms with van der Waals surface area (Å²) in [6, 6.07) is 9.44. The SMILES string of the molecule is Cc1ccc(NC2C(=O)Nc3ccc(Cl)cc32)cc1F. The minimum atomic E-state index is -0.564. The molecule has 3 rings (SSSR count). The van der Waals surface area contributed by atoms with Crippen molar-refractivity contribution in [2.75, 3.05) is 10.6 Å². The number of benzene rings is 2. The number of nitrogens with one attached hydrogen (secondary N) is 2. The molecule has 102 valence electrons. The predicted octanol–water partition coefficient (Wildman–Crippen LogP) is 3.89. The molecule has 0 spiro atoms. The molecule has 1 aliphatic rings. The monoisotopic (exact) mass is 290 g/mol. The number of hydrogen-bond donors (Lipinski definition) is 2. The lowest BCUT2D eigenvalue weighted by Gasteiger charge is -2.13. The van der Waals surface area contributed by atoms with Crippen molar-refractivity contribution in [1.29, 1.82) is 0 Å². The molecule has 20 heavy (non-hydrogen) atoms. The normalized spacial score (nSPS) is 16.8. The maximum Gasteiger partial charge on any atom is 0.251 e. The first-order valence-corrected chi connectivity index (χ1v) is 6.55. The summed E-state index contributed by atoms with van der Waals surface area (Å²) in [4.78, 5) is 12.0. The number of carbonyl (C=O) groups excluding carboxylic acids is 1. The molecule has 1 unspecified atom stereocenters. The number of hydrogen-bond acceptors (Lipinski definition) is 2. The molecule has 5 heteroatoms. The van der Waals surface area contributed by atoms with Gasteiger partial charge in [-0.15, -0.1) is 0 Å².